The Morgan fingerprint density at radius 2 is 2.07 bits per heavy atom. The molecular formula is C19H21Cl2N5OS. The van der Waals surface area contributed by atoms with Crippen molar-refractivity contribution in [1.82, 2.24) is 20.3 Å². The minimum absolute atomic E-state index is 0. The summed E-state index contributed by atoms with van der Waals surface area (Å²) < 4.78 is 0. The van der Waals surface area contributed by atoms with Gasteiger partial charge in [-0.2, -0.15) is 0 Å². The Hall–Kier alpha value is -2.22. The first-order valence-corrected chi connectivity index (χ1v) is 9.93. The maximum Gasteiger partial charge on any atom is 0.271 e. The van der Waals surface area contributed by atoms with Crippen molar-refractivity contribution in [3.63, 3.8) is 0 Å². The average molecular weight is 438 g/mol. The second-order valence-corrected chi connectivity index (χ2v) is 7.23. The molecule has 0 fully saturated rings. The normalized spacial score (nSPS) is 11.4. The van der Waals surface area contributed by atoms with E-state index in [1.165, 1.54) is 11.3 Å². The van der Waals surface area contributed by atoms with Gasteiger partial charge in [-0.15, -0.1) is 23.7 Å². The van der Waals surface area contributed by atoms with Gasteiger partial charge in [-0.1, -0.05) is 24.9 Å². The molecule has 6 nitrogen and oxygen atoms in total. The van der Waals surface area contributed by atoms with Crippen LogP contribution in [0, 0.1) is 6.92 Å². The fourth-order valence-electron chi connectivity index (χ4n) is 2.58. The van der Waals surface area contributed by atoms with E-state index in [9.17, 15) is 4.79 Å². The minimum atomic E-state index is -0.196. The molecule has 1 atom stereocenters. The molecule has 0 saturated heterocycles. The Morgan fingerprint density at radius 3 is 2.68 bits per heavy atom. The molecule has 0 saturated carbocycles. The molecule has 0 unspecified atom stereocenters. The molecule has 0 aliphatic heterocycles. The van der Waals surface area contributed by atoms with Crippen LogP contribution < -0.4 is 10.6 Å². The van der Waals surface area contributed by atoms with Gasteiger partial charge in [0.1, 0.15) is 11.5 Å². The highest BCUT2D eigenvalue weighted by molar-refractivity contribution is 7.07. The zero-order valence-corrected chi connectivity index (χ0v) is 17.9. The molecule has 9 heteroatoms. The summed E-state index contributed by atoms with van der Waals surface area (Å²) >= 11 is 7.81. The monoisotopic (exact) mass is 437 g/mol. The van der Waals surface area contributed by atoms with Crippen molar-refractivity contribution < 1.29 is 4.79 Å². The van der Waals surface area contributed by atoms with Crippen LogP contribution in [0.2, 0.25) is 5.02 Å². The lowest BCUT2D eigenvalue weighted by molar-refractivity contribution is 0.0930. The summed E-state index contributed by atoms with van der Waals surface area (Å²) in [6.07, 6.45) is 5.16. The number of nitrogens with one attached hydrogen (secondary N) is 2. The Morgan fingerprint density at radius 1 is 1.25 bits per heavy atom. The molecule has 0 aromatic carbocycles. The van der Waals surface area contributed by atoms with Gasteiger partial charge in [0.05, 0.1) is 28.5 Å². The van der Waals surface area contributed by atoms with Crippen molar-refractivity contribution in [2.75, 3.05) is 5.32 Å². The largest absolute Gasteiger partial charge is 0.344 e. The predicted molar refractivity (Wildman–Crippen MR) is 116 cm³/mol. The quantitative estimate of drug-likeness (QED) is 0.521. The lowest BCUT2D eigenvalue weighted by Crippen LogP contribution is -2.28. The topological polar surface area (TPSA) is 79.8 Å². The third-order valence-electron chi connectivity index (χ3n) is 3.99. The van der Waals surface area contributed by atoms with Crippen LogP contribution in [-0.4, -0.2) is 20.9 Å². The van der Waals surface area contributed by atoms with Crippen LogP contribution in [-0.2, 0) is 0 Å². The molecule has 3 rings (SSSR count). The van der Waals surface area contributed by atoms with Crippen LogP contribution in [0.15, 0.2) is 41.5 Å². The van der Waals surface area contributed by atoms with E-state index >= 15 is 0 Å². The fraction of sp³-hybridized carbons (Fsp3) is 0.263. The van der Waals surface area contributed by atoms with Gasteiger partial charge in [-0.25, -0.2) is 9.97 Å². The molecule has 0 aliphatic carbocycles. The number of rotatable bonds is 7. The van der Waals surface area contributed by atoms with E-state index in [0.717, 1.165) is 29.8 Å². The van der Waals surface area contributed by atoms with Crippen LogP contribution in [0.3, 0.4) is 0 Å². The van der Waals surface area contributed by atoms with Gasteiger partial charge < -0.3 is 10.6 Å². The predicted octanol–water partition coefficient (Wildman–Crippen LogP) is 5.33. The number of nitrogens with zero attached hydrogens (tertiary/aromatic N) is 3. The molecule has 0 aliphatic rings. The van der Waals surface area contributed by atoms with Gasteiger partial charge in [0.25, 0.3) is 5.91 Å². The first-order chi connectivity index (χ1) is 13.1. The van der Waals surface area contributed by atoms with Gasteiger partial charge in [0.15, 0.2) is 0 Å². The van der Waals surface area contributed by atoms with E-state index in [4.69, 9.17) is 11.6 Å². The molecule has 3 aromatic rings. The molecule has 0 spiro atoms. The van der Waals surface area contributed by atoms with Crippen LogP contribution in [0.5, 0.6) is 0 Å². The van der Waals surface area contributed by atoms with Crippen molar-refractivity contribution in [3.05, 3.63) is 63.5 Å². The maximum atomic E-state index is 12.3. The highest BCUT2D eigenvalue weighted by Gasteiger charge is 2.18. The lowest BCUT2D eigenvalue weighted by Gasteiger charge is -2.19. The number of amides is 1. The number of halogens is 2. The second-order valence-electron chi connectivity index (χ2n) is 6.10. The highest BCUT2D eigenvalue weighted by atomic mass is 35.5. The number of hydrogen-bond donors (Lipinski definition) is 2. The zero-order valence-electron chi connectivity index (χ0n) is 15.5. The number of anilines is 2. The standard InChI is InChI=1S/C19H20ClN5OS.ClH/c1-3-4-16(25-19(26)17-10-27-11-23-17)13-7-15(20)18(22-8-13)24-14-6-5-12(2)21-9-14;/h5-11,16H,3-4H2,1-2H3,(H,22,24)(H,25,26);1H/t16-;/m1./s1. The molecule has 28 heavy (non-hydrogen) atoms. The third-order valence-corrected chi connectivity index (χ3v) is 4.86. The highest BCUT2D eigenvalue weighted by Crippen LogP contribution is 2.28. The number of carbonyl (C=O) groups excluding carboxylic acids is 1. The van der Waals surface area contributed by atoms with E-state index in [2.05, 4.69) is 32.5 Å². The summed E-state index contributed by atoms with van der Waals surface area (Å²) in [6.45, 7) is 3.99. The summed E-state index contributed by atoms with van der Waals surface area (Å²) in [5, 5.41) is 8.39. The van der Waals surface area contributed by atoms with Crippen LogP contribution in [0.25, 0.3) is 0 Å². The molecule has 1 amide bonds. The van der Waals surface area contributed by atoms with Gasteiger partial charge in [-0.05, 0) is 37.1 Å². The SMILES string of the molecule is CCC[C@@H](NC(=O)c1cscn1)c1cnc(Nc2ccc(C)nc2)c(Cl)c1.Cl. The van der Waals surface area contributed by atoms with Crippen molar-refractivity contribution >= 4 is 52.8 Å². The van der Waals surface area contributed by atoms with Crippen LogP contribution in [0.1, 0.15) is 47.6 Å². The third kappa shape index (κ3) is 5.64. The summed E-state index contributed by atoms with van der Waals surface area (Å²) in [5.41, 5.74) is 4.67. The van der Waals surface area contributed by atoms with Gasteiger partial charge in [0, 0.05) is 17.3 Å². The van der Waals surface area contributed by atoms with E-state index in [1.54, 1.807) is 23.3 Å². The Kier molecular flexibility index (Phi) is 8.17. The van der Waals surface area contributed by atoms with E-state index in [0.29, 0.717) is 16.5 Å². The number of pyridine rings is 2. The van der Waals surface area contributed by atoms with Crippen molar-refractivity contribution in [1.29, 1.82) is 0 Å². The van der Waals surface area contributed by atoms with Crippen molar-refractivity contribution in [2.24, 2.45) is 0 Å². The Bertz CT molecular complexity index is 903. The molecule has 3 heterocycles. The summed E-state index contributed by atoms with van der Waals surface area (Å²) in [5.74, 6) is 0.353. The first kappa shape index (κ1) is 22.1. The number of aromatic nitrogens is 3. The zero-order chi connectivity index (χ0) is 19.2. The summed E-state index contributed by atoms with van der Waals surface area (Å²) in [7, 11) is 0. The number of hydrogen-bond acceptors (Lipinski definition) is 6. The molecular weight excluding hydrogens is 417 g/mol. The number of aryl methyl sites for hydroxylation is 1. The van der Waals surface area contributed by atoms with Crippen LogP contribution >= 0.6 is 35.3 Å². The summed E-state index contributed by atoms with van der Waals surface area (Å²) in [6, 6.07) is 5.49. The van der Waals surface area contributed by atoms with Crippen LogP contribution in [0.4, 0.5) is 11.5 Å². The molecule has 0 bridgehead atoms. The molecule has 2 N–H and O–H groups in total. The number of thiazole rings is 1. The first-order valence-electron chi connectivity index (χ1n) is 8.61. The van der Waals surface area contributed by atoms with Gasteiger partial charge in [-0.3, -0.25) is 9.78 Å². The van der Waals surface area contributed by atoms with Crippen molar-refractivity contribution in [2.45, 2.75) is 32.7 Å². The van der Waals surface area contributed by atoms with Crippen molar-refractivity contribution in [3.8, 4) is 0 Å². The maximum absolute atomic E-state index is 12.3. The second kappa shape index (κ2) is 10.4. The van der Waals surface area contributed by atoms with E-state index in [-0.39, 0.29) is 24.4 Å². The molecule has 148 valence electrons. The molecule has 0 radical (unpaired) electrons. The molecule has 3 aromatic heterocycles. The lowest BCUT2D eigenvalue weighted by atomic mass is 10.0. The van der Waals surface area contributed by atoms with E-state index < -0.39 is 0 Å². The van der Waals surface area contributed by atoms with E-state index in [1.807, 2.05) is 25.1 Å². The minimum Gasteiger partial charge on any atom is -0.344 e. The number of carbonyl (C=O) groups is 1. The average Bonchev–Trinajstić information content (AvgIpc) is 3.20. The Labute approximate surface area is 179 Å². The smallest absolute Gasteiger partial charge is 0.271 e. The Balaban J connectivity index is 0.00000280. The van der Waals surface area contributed by atoms with Gasteiger partial charge in [0.2, 0.25) is 0 Å². The van der Waals surface area contributed by atoms with Gasteiger partial charge >= 0.3 is 0 Å². The summed E-state index contributed by atoms with van der Waals surface area (Å²) in [4.78, 5) is 25.1. The fourth-order valence-corrected chi connectivity index (χ4v) is 3.34.